The van der Waals surface area contributed by atoms with E-state index in [2.05, 4.69) is 46.8 Å². The van der Waals surface area contributed by atoms with E-state index in [-0.39, 0.29) is 6.10 Å². The summed E-state index contributed by atoms with van der Waals surface area (Å²) in [6.45, 7) is 9.10. The van der Waals surface area contributed by atoms with Crippen molar-refractivity contribution in [3.05, 3.63) is 28.2 Å². The van der Waals surface area contributed by atoms with Gasteiger partial charge >= 0.3 is 0 Å². The quantitative estimate of drug-likeness (QED) is 0.468. The predicted molar refractivity (Wildman–Crippen MR) is 131 cm³/mol. The van der Waals surface area contributed by atoms with Crippen LogP contribution in [0.1, 0.15) is 57.9 Å². The van der Waals surface area contributed by atoms with E-state index in [1.807, 2.05) is 6.07 Å². The van der Waals surface area contributed by atoms with Crippen molar-refractivity contribution in [2.24, 2.45) is 11.8 Å². The smallest absolute Gasteiger partial charge is 0.211 e. The van der Waals surface area contributed by atoms with Gasteiger partial charge in [-0.25, -0.2) is 12.7 Å². The highest BCUT2D eigenvalue weighted by Crippen LogP contribution is 2.30. The van der Waals surface area contributed by atoms with E-state index in [1.54, 1.807) is 4.31 Å². The van der Waals surface area contributed by atoms with Crippen molar-refractivity contribution in [1.82, 2.24) is 9.21 Å². The third-order valence-corrected chi connectivity index (χ3v) is 8.81. The molecule has 2 fully saturated rings. The lowest BCUT2D eigenvalue weighted by atomic mass is 9.89. The minimum absolute atomic E-state index is 0.199. The molecule has 2 saturated heterocycles. The van der Waals surface area contributed by atoms with Crippen LogP contribution in [0.5, 0.6) is 5.75 Å². The van der Waals surface area contributed by atoms with Crippen LogP contribution >= 0.6 is 15.9 Å². The molecule has 0 radical (unpaired) electrons. The zero-order valence-electron chi connectivity index (χ0n) is 19.4. The monoisotopic (exact) mass is 514 g/mol. The van der Waals surface area contributed by atoms with Gasteiger partial charge in [0.25, 0.3) is 0 Å². The molecular formula is C24H39BrN2O3S. The van der Waals surface area contributed by atoms with E-state index in [9.17, 15) is 8.42 Å². The van der Waals surface area contributed by atoms with Crippen molar-refractivity contribution in [3.8, 4) is 5.75 Å². The van der Waals surface area contributed by atoms with E-state index in [0.717, 1.165) is 30.9 Å². The highest BCUT2D eigenvalue weighted by molar-refractivity contribution is 9.10. The topological polar surface area (TPSA) is 49.9 Å². The molecule has 176 valence electrons. The normalized spacial score (nSPS) is 20.4. The summed E-state index contributed by atoms with van der Waals surface area (Å²) >= 11 is 3.72. The largest absolute Gasteiger partial charge is 0.491 e. The van der Waals surface area contributed by atoms with Crippen LogP contribution in [-0.4, -0.2) is 62.7 Å². The summed E-state index contributed by atoms with van der Waals surface area (Å²) in [7, 11) is -3.01. The van der Waals surface area contributed by atoms with Gasteiger partial charge in [-0.15, -0.1) is 0 Å². The fraction of sp³-hybridized carbons (Fsp3) is 0.750. The van der Waals surface area contributed by atoms with Crippen molar-refractivity contribution in [2.75, 3.05) is 39.0 Å². The maximum absolute atomic E-state index is 11.6. The highest BCUT2D eigenvalue weighted by atomic mass is 79.9. The minimum atomic E-state index is -3.01. The van der Waals surface area contributed by atoms with Crippen LogP contribution in [0.25, 0.3) is 0 Å². The molecule has 7 heteroatoms. The second-order valence-corrected chi connectivity index (χ2v) is 12.5. The number of rotatable bonds is 9. The Balaban J connectivity index is 1.35. The molecule has 3 rings (SSSR count). The number of nitrogens with zero attached hydrogens (tertiary/aromatic N) is 2. The zero-order valence-corrected chi connectivity index (χ0v) is 21.8. The molecule has 1 aromatic carbocycles. The van der Waals surface area contributed by atoms with E-state index >= 15 is 0 Å². The maximum atomic E-state index is 11.6. The average molecular weight is 516 g/mol. The van der Waals surface area contributed by atoms with Gasteiger partial charge in [0.2, 0.25) is 10.0 Å². The lowest BCUT2D eigenvalue weighted by Crippen LogP contribution is -2.38. The Kier molecular flexibility index (Phi) is 9.26. The third-order valence-electron chi connectivity index (χ3n) is 6.73. The maximum Gasteiger partial charge on any atom is 0.211 e. The molecule has 2 aliphatic rings. The Morgan fingerprint density at radius 2 is 1.71 bits per heavy atom. The molecular weight excluding hydrogens is 476 g/mol. The zero-order chi connectivity index (χ0) is 22.4. The van der Waals surface area contributed by atoms with Crippen LogP contribution in [-0.2, 0) is 16.4 Å². The molecule has 0 aliphatic carbocycles. The molecule has 5 nitrogen and oxygen atoms in total. The average Bonchev–Trinajstić information content (AvgIpc) is 2.71. The first-order valence-electron chi connectivity index (χ1n) is 11.8. The van der Waals surface area contributed by atoms with Crippen LogP contribution < -0.4 is 4.74 Å². The molecule has 0 aromatic heterocycles. The van der Waals surface area contributed by atoms with Crippen molar-refractivity contribution in [2.45, 2.75) is 64.9 Å². The first-order valence-corrected chi connectivity index (χ1v) is 14.5. The lowest BCUT2D eigenvalue weighted by Gasteiger charge is -2.33. The van der Waals surface area contributed by atoms with Gasteiger partial charge in [0.15, 0.2) is 0 Å². The number of benzene rings is 1. The molecule has 0 spiro atoms. The summed E-state index contributed by atoms with van der Waals surface area (Å²) in [5.41, 5.74) is 1.36. The molecule has 0 saturated carbocycles. The molecule has 0 bridgehead atoms. The van der Waals surface area contributed by atoms with Crippen LogP contribution in [0.2, 0.25) is 0 Å². The van der Waals surface area contributed by atoms with Crippen molar-refractivity contribution in [1.29, 1.82) is 0 Å². The van der Waals surface area contributed by atoms with Gasteiger partial charge in [0.1, 0.15) is 5.75 Å². The molecule has 0 N–H and O–H groups in total. The lowest BCUT2D eigenvalue weighted by molar-refractivity contribution is 0.173. The summed E-state index contributed by atoms with van der Waals surface area (Å²) < 4.78 is 32.0. The fourth-order valence-corrected chi connectivity index (χ4v) is 6.19. The van der Waals surface area contributed by atoms with Crippen LogP contribution in [0.4, 0.5) is 0 Å². The fourth-order valence-electron chi connectivity index (χ4n) is 4.91. The number of ether oxygens (including phenoxy) is 1. The summed E-state index contributed by atoms with van der Waals surface area (Å²) in [6, 6.07) is 6.36. The molecule has 0 unspecified atom stereocenters. The number of sulfonamides is 1. The van der Waals surface area contributed by atoms with Gasteiger partial charge in [0, 0.05) is 17.6 Å². The minimum Gasteiger partial charge on any atom is -0.491 e. The van der Waals surface area contributed by atoms with Crippen LogP contribution in [0.3, 0.4) is 0 Å². The molecule has 0 atom stereocenters. The third kappa shape index (κ3) is 8.02. The Morgan fingerprint density at radius 1 is 1.06 bits per heavy atom. The Morgan fingerprint density at radius 3 is 2.32 bits per heavy atom. The van der Waals surface area contributed by atoms with Gasteiger partial charge < -0.3 is 9.64 Å². The highest BCUT2D eigenvalue weighted by Gasteiger charge is 2.25. The van der Waals surface area contributed by atoms with E-state index in [0.29, 0.717) is 19.0 Å². The second kappa shape index (κ2) is 11.5. The van der Waals surface area contributed by atoms with Crippen molar-refractivity contribution >= 4 is 26.0 Å². The van der Waals surface area contributed by atoms with Crippen LogP contribution in [0.15, 0.2) is 22.7 Å². The summed E-state index contributed by atoms with van der Waals surface area (Å²) in [4.78, 5) is 2.62. The number of piperidine rings is 2. The Hall–Kier alpha value is -0.630. The Labute approximate surface area is 197 Å². The van der Waals surface area contributed by atoms with E-state index in [1.165, 1.54) is 61.6 Å². The van der Waals surface area contributed by atoms with Gasteiger partial charge in [-0.2, -0.15) is 0 Å². The van der Waals surface area contributed by atoms with E-state index < -0.39 is 10.0 Å². The van der Waals surface area contributed by atoms with Gasteiger partial charge in [-0.05, 0) is 114 Å². The molecule has 1 aromatic rings. The van der Waals surface area contributed by atoms with Gasteiger partial charge in [-0.3, -0.25) is 0 Å². The number of hydrogen-bond acceptors (Lipinski definition) is 4. The standard InChI is InChI=1S/C24H39BrN2O3S/c1-19(2)30-23-6-7-24(25)22(18-23)17-21-8-13-26(14-9-21)12-4-5-20-10-15-27(16-11-20)31(3,28)29/h6-7,18-21H,4-5,8-17H2,1-3H3. The molecule has 2 aliphatic heterocycles. The number of halogens is 1. The van der Waals surface area contributed by atoms with Gasteiger partial charge in [-0.1, -0.05) is 15.9 Å². The summed E-state index contributed by atoms with van der Waals surface area (Å²) in [6.07, 6.45) is 9.65. The van der Waals surface area contributed by atoms with Crippen molar-refractivity contribution in [3.63, 3.8) is 0 Å². The predicted octanol–water partition coefficient (Wildman–Crippen LogP) is 4.94. The first-order chi connectivity index (χ1) is 14.7. The van der Waals surface area contributed by atoms with Crippen LogP contribution in [0, 0.1) is 11.8 Å². The summed E-state index contributed by atoms with van der Waals surface area (Å²) in [5.74, 6) is 2.39. The van der Waals surface area contributed by atoms with E-state index in [4.69, 9.17) is 4.74 Å². The van der Waals surface area contributed by atoms with Crippen molar-refractivity contribution < 1.29 is 13.2 Å². The number of hydrogen-bond donors (Lipinski definition) is 0. The SMILES string of the molecule is CC(C)Oc1ccc(Br)c(CC2CCN(CCCC3CCN(S(C)(=O)=O)CC3)CC2)c1. The Bertz CT molecular complexity index is 799. The molecule has 2 heterocycles. The molecule has 31 heavy (non-hydrogen) atoms. The second-order valence-electron chi connectivity index (χ2n) is 9.66. The number of likely N-dealkylation sites (tertiary alicyclic amines) is 1. The first kappa shape index (κ1) is 25.0. The van der Waals surface area contributed by atoms with Gasteiger partial charge in [0.05, 0.1) is 12.4 Å². The summed E-state index contributed by atoms with van der Waals surface area (Å²) in [5, 5.41) is 0. The molecule has 0 amide bonds.